The summed E-state index contributed by atoms with van der Waals surface area (Å²) in [6, 6.07) is 2.17. The fourth-order valence-electron chi connectivity index (χ4n) is 1.76. The van der Waals surface area contributed by atoms with E-state index in [0.717, 1.165) is 25.4 Å². The van der Waals surface area contributed by atoms with Gasteiger partial charge in [-0.05, 0) is 17.6 Å². The van der Waals surface area contributed by atoms with Crippen LogP contribution >= 0.6 is 12.6 Å². The van der Waals surface area contributed by atoms with Gasteiger partial charge in [-0.1, -0.05) is 13.8 Å². The Morgan fingerprint density at radius 3 is 2.87 bits per heavy atom. The van der Waals surface area contributed by atoms with E-state index in [1.54, 1.807) is 0 Å². The van der Waals surface area contributed by atoms with Crippen LogP contribution in [0.1, 0.15) is 13.8 Å². The maximum Gasteiger partial charge on any atom is 0.156 e. The number of hydrogen-bond donors (Lipinski definition) is 1. The molecule has 1 aliphatic heterocycles. The summed E-state index contributed by atoms with van der Waals surface area (Å²) in [5.74, 6) is 2.16. The normalized spacial score (nSPS) is 25.1. The van der Waals surface area contributed by atoms with Gasteiger partial charge in [-0.15, -0.1) is 0 Å². The molecule has 0 aromatic rings. The zero-order valence-electron chi connectivity index (χ0n) is 9.52. The van der Waals surface area contributed by atoms with Gasteiger partial charge in [-0.25, -0.2) is 0 Å². The highest BCUT2D eigenvalue weighted by Crippen LogP contribution is 2.16. The molecule has 0 aromatic heterocycles. The van der Waals surface area contributed by atoms with Crippen molar-refractivity contribution in [2.75, 3.05) is 32.0 Å². The van der Waals surface area contributed by atoms with Crippen molar-refractivity contribution in [2.45, 2.75) is 20.0 Å². The Morgan fingerprint density at radius 2 is 2.33 bits per heavy atom. The minimum atomic E-state index is -0.244. The van der Waals surface area contributed by atoms with Crippen LogP contribution < -0.4 is 0 Å². The minimum absolute atomic E-state index is 0.244. The summed E-state index contributed by atoms with van der Waals surface area (Å²) in [5, 5.41) is 8.79. The van der Waals surface area contributed by atoms with E-state index >= 15 is 0 Å². The van der Waals surface area contributed by atoms with Crippen LogP contribution in [0.2, 0.25) is 0 Å². The van der Waals surface area contributed by atoms with Crippen molar-refractivity contribution in [3.8, 4) is 6.07 Å². The zero-order valence-corrected chi connectivity index (χ0v) is 10.4. The van der Waals surface area contributed by atoms with Gasteiger partial charge in [0, 0.05) is 19.6 Å². The largest absolute Gasteiger partial charge is 0.361 e. The van der Waals surface area contributed by atoms with Gasteiger partial charge in [-0.3, -0.25) is 4.90 Å². The van der Waals surface area contributed by atoms with Crippen LogP contribution in [0.15, 0.2) is 0 Å². The number of morpholine rings is 1. The predicted octanol–water partition coefficient (Wildman–Crippen LogP) is 1.41. The van der Waals surface area contributed by atoms with Gasteiger partial charge >= 0.3 is 0 Å². The molecule has 2 unspecified atom stereocenters. The summed E-state index contributed by atoms with van der Waals surface area (Å²) >= 11 is 4.38. The van der Waals surface area contributed by atoms with Crippen LogP contribution in [0, 0.1) is 23.2 Å². The van der Waals surface area contributed by atoms with E-state index in [1.807, 2.05) is 0 Å². The third-order valence-corrected chi connectivity index (χ3v) is 3.43. The lowest BCUT2D eigenvalue weighted by Gasteiger charge is -2.33. The van der Waals surface area contributed by atoms with Crippen LogP contribution in [0.4, 0.5) is 0 Å². The van der Waals surface area contributed by atoms with Crippen LogP contribution in [-0.4, -0.2) is 43.0 Å². The van der Waals surface area contributed by atoms with E-state index in [1.165, 1.54) is 0 Å². The van der Waals surface area contributed by atoms with Crippen molar-refractivity contribution < 1.29 is 4.74 Å². The first-order valence-electron chi connectivity index (χ1n) is 5.51. The lowest BCUT2D eigenvalue weighted by atomic mass is 9.97. The Balaban J connectivity index is 2.40. The Labute approximate surface area is 97.8 Å². The predicted molar refractivity (Wildman–Crippen MR) is 64.0 cm³/mol. The molecule has 2 atom stereocenters. The van der Waals surface area contributed by atoms with E-state index in [2.05, 4.69) is 37.4 Å². The molecule has 1 rings (SSSR count). The highest BCUT2D eigenvalue weighted by atomic mass is 32.1. The Kier molecular flexibility index (Phi) is 5.44. The van der Waals surface area contributed by atoms with Crippen LogP contribution in [-0.2, 0) is 4.74 Å². The van der Waals surface area contributed by atoms with Gasteiger partial charge in [0.1, 0.15) is 0 Å². The molecule has 15 heavy (non-hydrogen) atoms. The lowest BCUT2D eigenvalue weighted by molar-refractivity contribution is -0.00610. The van der Waals surface area contributed by atoms with Crippen molar-refractivity contribution >= 4 is 12.6 Å². The molecule has 1 heterocycles. The average molecular weight is 228 g/mol. The van der Waals surface area contributed by atoms with E-state index in [0.29, 0.717) is 18.4 Å². The summed E-state index contributed by atoms with van der Waals surface area (Å²) in [6.07, 6.45) is -0.244. The molecule has 0 radical (unpaired) electrons. The lowest BCUT2D eigenvalue weighted by Crippen LogP contribution is -2.44. The third kappa shape index (κ3) is 4.02. The summed E-state index contributed by atoms with van der Waals surface area (Å²) in [7, 11) is 0. The van der Waals surface area contributed by atoms with Crippen LogP contribution in [0.3, 0.4) is 0 Å². The van der Waals surface area contributed by atoms with Crippen LogP contribution in [0.5, 0.6) is 0 Å². The van der Waals surface area contributed by atoms with Crippen molar-refractivity contribution in [1.29, 1.82) is 5.26 Å². The topological polar surface area (TPSA) is 36.3 Å². The van der Waals surface area contributed by atoms with Gasteiger partial charge < -0.3 is 4.74 Å². The molecule has 0 aromatic carbocycles. The van der Waals surface area contributed by atoms with Gasteiger partial charge in [-0.2, -0.15) is 17.9 Å². The van der Waals surface area contributed by atoms with E-state index < -0.39 is 0 Å². The molecule has 1 aliphatic rings. The second kappa shape index (κ2) is 6.37. The monoisotopic (exact) mass is 228 g/mol. The minimum Gasteiger partial charge on any atom is -0.361 e. The van der Waals surface area contributed by atoms with Gasteiger partial charge in [0.05, 0.1) is 12.7 Å². The van der Waals surface area contributed by atoms with Gasteiger partial charge in [0.25, 0.3) is 0 Å². The Morgan fingerprint density at radius 1 is 1.60 bits per heavy atom. The molecule has 86 valence electrons. The van der Waals surface area contributed by atoms with Crippen molar-refractivity contribution in [3.05, 3.63) is 0 Å². The smallest absolute Gasteiger partial charge is 0.156 e. The highest BCUT2D eigenvalue weighted by molar-refractivity contribution is 7.80. The quantitative estimate of drug-likeness (QED) is 0.739. The number of thiol groups is 1. The molecule has 1 saturated heterocycles. The molecule has 1 fully saturated rings. The molecule has 0 saturated carbocycles. The molecule has 4 heteroatoms. The van der Waals surface area contributed by atoms with E-state index in [9.17, 15) is 0 Å². The number of nitriles is 1. The number of ether oxygens (including phenoxy) is 1. The zero-order chi connectivity index (χ0) is 11.3. The van der Waals surface area contributed by atoms with E-state index in [4.69, 9.17) is 10.00 Å². The number of rotatable bonds is 4. The van der Waals surface area contributed by atoms with Crippen molar-refractivity contribution in [1.82, 2.24) is 4.90 Å². The van der Waals surface area contributed by atoms with Crippen LogP contribution in [0.25, 0.3) is 0 Å². The molecule has 0 aliphatic carbocycles. The first kappa shape index (κ1) is 12.8. The SMILES string of the molecule is CC(C)C(CS)CN1CCOC(C#N)C1. The van der Waals surface area contributed by atoms with Crippen molar-refractivity contribution in [3.63, 3.8) is 0 Å². The fraction of sp³-hybridized carbons (Fsp3) is 0.909. The molecule has 0 amide bonds. The third-order valence-electron chi connectivity index (χ3n) is 2.96. The number of hydrogen-bond acceptors (Lipinski definition) is 4. The maximum absolute atomic E-state index is 8.79. The Hall–Kier alpha value is -0.240. The fourth-order valence-corrected chi connectivity index (χ4v) is 2.29. The maximum atomic E-state index is 8.79. The molecule has 0 bridgehead atoms. The van der Waals surface area contributed by atoms with E-state index in [-0.39, 0.29) is 6.10 Å². The first-order valence-corrected chi connectivity index (χ1v) is 6.15. The molecule has 3 nitrogen and oxygen atoms in total. The second-order valence-corrected chi connectivity index (χ2v) is 4.80. The molecule has 0 N–H and O–H groups in total. The summed E-state index contributed by atoms with van der Waals surface area (Å²) in [4.78, 5) is 2.32. The standard InChI is InChI=1S/C11H20N2OS/c1-9(2)10(8-15)6-13-3-4-14-11(5-12)7-13/h9-11,15H,3-4,6-8H2,1-2H3. The highest BCUT2D eigenvalue weighted by Gasteiger charge is 2.23. The first-order chi connectivity index (χ1) is 7.17. The van der Waals surface area contributed by atoms with Crippen molar-refractivity contribution in [2.24, 2.45) is 11.8 Å². The second-order valence-electron chi connectivity index (χ2n) is 4.43. The molecule has 0 spiro atoms. The average Bonchev–Trinajstić information content (AvgIpc) is 2.25. The summed E-state index contributed by atoms with van der Waals surface area (Å²) in [5.41, 5.74) is 0. The molecular weight excluding hydrogens is 208 g/mol. The van der Waals surface area contributed by atoms with Gasteiger partial charge in [0.2, 0.25) is 0 Å². The summed E-state index contributed by atoms with van der Waals surface area (Å²) < 4.78 is 5.31. The molecular formula is C11H20N2OS. The Bertz CT molecular complexity index is 227. The summed E-state index contributed by atoms with van der Waals surface area (Å²) in [6.45, 7) is 7.84. The number of nitrogens with zero attached hydrogens (tertiary/aromatic N) is 2. The van der Waals surface area contributed by atoms with Gasteiger partial charge in [0.15, 0.2) is 6.10 Å².